The van der Waals surface area contributed by atoms with Gasteiger partial charge in [-0.2, -0.15) is 0 Å². The quantitative estimate of drug-likeness (QED) is 0.761. The van der Waals surface area contributed by atoms with Gasteiger partial charge in [0.15, 0.2) is 0 Å². The second kappa shape index (κ2) is 8.15. The van der Waals surface area contributed by atoms with Crippen molar-refractivity contribution in [3.05, 3.63) is 54.6 Å². The third-order valence-electron chi connectivity index (χ3n) is 3.52. The maximum absolute atomic E-state index is 12.3. The van der Waals surface area contributed by atoms with Crippen LogP contribution in [0.25, 0.3) is 0 Å². The van der Waals surface area contributed by atoms with Crippen LogP contribution in [0.4, 0.5) is 17.1 Å². The van der Waals surface area contributed by atoms with Crippen LogP contribution in [0, 0.1) is 5.92 Å². The van der Waals surface area contributed by atoms with Crippen molar-refractivity contribution in [2.45, 2.75) is 26.8 Å². The highest BCUT2D eigenvalue weighted by Crippen LogP contribution is 2.19. The van der Waals surface area contributed by atoms with E-state index < -0.39 is 6.04 Å². The fraction of sp³-hybridized carbons (Fsp3) is 0.263. The van der Waals surface area contributed by atoms with Crippen LogP contribution in [-0.2, 0) is 9.59 Å². The molecule has 0 saturated heterocycles. The van der Waals surface area contributed by atoms with Gasteiger partial charge in [0.1, 0.15) is 6.04 Å². The molecule has 0 fully saturated rings. The van der Waals surface area contributed by atoms with E-state index in [1.54, 1.807) is 0 Å². The Morgan fingerprint density at radius 2 is 1.38 bits per heavy atom. The van der Waals surface area contributed by atoms with Gasteiger partial charge in [-0.25, -0.2) is 0 Å². The van der Waals surface area contributed by atoms with Crippen LogP contribution in [0.5, 0.6) is 0 Å². The van der Waals surface area contributed by atoms with Gasteiger partial charge in [0.2, 0.25) is 11.8 Å². The highest BCUT2D eigenvalue weighted by molar-refractivity contribution is 5.97. The molecule has 0 bridgehead atoms. The molecule has 5 heteroatoms. The van der Waals surface area contributed by atoms with E-state index in [1.165, 1.54) is 6.92 Å². The van der Waals surface area contributed by atoms with E-state index in [0.717, 1.165) is 11.4 Å². The number of anilines is 3. The van der Waals surface area contributed by atoms with Crippen molar-refractivity contribution in [1.82, 2.24) is 5.32 Å². The largest absolute Gasteiger partial charge is 0.356 e. The first-order valence-corrected chi connectivity index (χ1v) is 7.96. The van der Waals surface area contributed by atoms with Gasteiger partial charge in [-0.15, -0.1) is 0 Å². The predicted octanol–water partition coefficient (Wildman–Crippen LogP) is 3.53. The van der Waals surface area contributed by atoms with E-state index in [4.69, 9.17) is 0 Å². The summed E-state index contributed by atoms with van der Waals surface area (Å²) in [5, 5.41) is 8.80. The van der Waals surface area contributed by atoms with Crippen molar-refractivity contribution >= 4 is 28.9 Å². The molecule has 126 valence electrons. The first-order valence-electron chi connectivity index (χ1n) is 7.96. The van der Waals surface area contributed by atoms with Crippen LogP contribution >= 0.6 is 0 Å². The molecule has 24 heavy (non-hydrogen) atoms. The molecule has 0 saturated carbocycles. The molecule has 0 spiro atoms. The number of benzene rings is 2. The van der Waals surface area contributed by atoms with E-state index in [2.05, 4.69) is 16.0 Å². The molecule has 0 unspecified atom stereocenters. The smallest absolute Gasteiger partial charge is 0.247 e. The molecule has 0 aliphatic carbocycles. The van der Waals surface area contributed by atoms with Crippen molar-refractivity contribution < 1.29 is 9.59 Å². The van der Waals surface area contributed by atoms with Crippen LogP contribution in [0.2, 0.25) is 0 Å². The van der Waals surface area contributed by atoms with Gasteiger partial charge in [0, 0.05) is 24.0 Å². The molecule has 0 aliphatic rings. The molecule has 2 aromatic rings. The molecule has 5 nitrogen and oxygen atoms in total. The Hall–Kier alpha value is -2.82. The van der Waals surface area contributed by atoms with E-state index in [9.17, 15) is 9.59 Å². The Morgan fingerprint density at radius 1 is 0.833 bits per heavy atom. The highest BCUT2D eigenvalue weighted by atomic mass is 16.2. The average Bonchev–Trinajstić information content (AvgIpc) is 2.55. The van der Waals surface area contributed by atoms with Crippen LogP contribution in [0.15, 0.2) is 54.6 Å². The monoisotopic (exact) mass is 325 g/mol. The summed E-state index contributed by atoms with van der Waals surface area (Å²) in [5.41, 5.74) is 2.62. The second-order valence-corrected chi connectivity index (χ2v) is 5.98. The number of hydrogen-bond donors (Lipinski definition) is 3. The minimum atomic E-state index is -0.551. The van der Waals surface area contributed by atoms with Crippen LogP contribution in [-0.4, -0.2) is 17.9 Å². The topological polar surface area (TPSA) is 70.2 Å². The van der Waals surface area contributed by atoms with Gasteiger partial charge in [0.05, 0.1) is 0 Å². The number of carbonyl (C=O) groups is 2. The Bertz CT molecular complexity index is 682. The summed E-state index contributed by atoms with van der Waals surface area (Å²) in [6.45, 7) is 5.20. The predicted molar refractivity (Wildman–Crippen MR) is 97.2 cm³/mol. The lowest BCUT2D eigenvalue weighted by molar-refractivity contribution is -0.126. The number of amides is 2. The first-order chi connectivity index (χ1) is 11.5. The summed E-state index contributed by atoms with van der Waals surface area (Å²) < 4.78 is 0. The summed E-state index contributed by atoms with van der Waals surface area (Å²) >= 11 is 0. The summed E-state index contributed by atoms with van der Waals surface area (Å²) in [6, 6.07) is 16.7. The number of nitrogens with one attached hydrogen (secondary N) is 3. The number of para-hydroxylation sites is 1. The second-order valence-electron chi connectivity index (χ2n) is 5.98. The Labute approximate surface area is 142 Å². The highest BCUT2D eigenvalue weighted by Gasteiger charge is 2.22. The molecule has 2 amide bonds. The van der Waals surface area contributed by atoms with E-state index in [0.29, 0.717) is 5.69 Å². The lowest BCUT2D eigenvalue weighted by Gasteiger charge is -2.21. The zero-order chi connectivity index (χ0) is 17.5. The van der Waals surface area contributed by atoms with E-state index in [-0.39, 0.29) is 17.7 Å². The lowest BCUT2D eigenvalue weighted by atomic mass is 10.0. The van der Waals surface area contributed by atoms with Gasteiger partial charge in [-0.05, 0) is 42.3 Å². The zero-order valence-electron chi connectivity index (χ0n) is 14.2. The number of carbonyl (C=O) groups excluding carboxylic acids is 2. The number of hydrogen-bond acceptors (Lipinski definition) is 3. The number of rotatable bonds is 6. The molecule has 3 N–H and O–H groups in total. The Kier molecular flexibility index (Phi) is 5.95. The molecular formula is C19H23N3O2. The minimum Gasteiger partial charge on any atom is -0.356 e. The lowest BCUT2D eigenvalue weighted by Crippen LogP contribution is -2.46. The van der Waals surface area contributed by atoms with Gasteiger partial charge in [0.25, 0.3) is 0 Å². The molecule has 2 aromatic carbocycles. The molecular weight excluding hydrogens is 302 g/mol. The van der Waals surface area contributed by atoms with Crippen LogP contribution in [0.3, 0.4) is 0 Å². The Balaban J connectivity index is 2.00. The van der Waals surface area contributed by atoms with Crippen molar-refractivity contribution in [2.24, 2.45) is 5.92 Å². The van der Waals surface area contributed by atoms with Gasteiger partial charge in [-0.3, -0.25) is 9.59 Å². The minimum absolute atomic E-state index is 0.00733. The van der Waals surface area contributed by atoms with Crippen molar-refractivity contribution in [3.63, 3.8) is 0 Å². The van der Waals surface area contributed by atoms with E-state index >= 15 is 0 Å². The van der Waals surface area contributed by atoms with Crippen molar-refractivity contribution in [2.75, 3.05) is 10.6 Å². The van der Waals surface area contributed by atoms with Crippen molar-refractivity contribution in [1.29, 1.82) is 0 Å². The molecule has 0 radical (unpaired) electrons. The fourth-order valence-corrected chi connectivity index (χ4v) is 2.30. The van der Waals surface area contributed by atoms with Gasteiger partial charge < -0.3 is 16.0 Å². The molecule has 0 aromatic heterocycles. The van der Waals surface area contributed by atoms with Gasteiger partial charge in [-0.1, -0.05) is 32.0 Å². The maximum atomic E-state index is 12.3. The van der Waals surface area contributed by atoms with Crippen LogP contribution < -0.4 is 16.0 Å². The molecule has 0 heterocycles. The summed E-state index contributed by atoms with van der Waals surface area (Å²) in [5.74, 6) is -0.428. The zero-order valence-corrected chi connectivity index (χ0v) is 14.2. The summed E-state index contributed by atoms with van der Waals surface area (Å²) in [6.07, 6.45) is 0. The average molecular weight is 325 g/mol. The van der Waals surface area contributed by atoms with Crippen molar-refractivity contribution in [3.8, 4) is 0 Å². The van der Waals surface area contributed by atoms with Gasteiger partial charge >= 0.3 is 0 Å². The third kappa shape index (κ3) is 5.12. The first kappa shape index (κ1) is 17.5. The SMILES string of the molecule is CC(=O)N[C@@H](C(=O)Nc1ccc(Nc2ccccc2)cc1)C(C)C. The third-order valence-corrected chi connectivity index (χ3v) is 3.52. The standard InChI is InChI=1S/C19H23N3O2/c1-13(2)18(20-14(3)23)19(24)22-17-11-9-16(10-12-17)21-15-7-5-4-6-8-15/h4-13,18,21H,1-3H3,(H,20,23)(H,22,24)/t18-/m1/s1. The Morgan fingerprint density at radius 3 is 1.92 bits per heavy atom. The summed E-state index contributed by atoms with van der Waals surface area (Å²) in [4.78, 5) is 23.6. The molecule has 2 rings (SSSR count). The maximum Gasteiger partial charge on any atom is 0.247 e. The van der Waals surface area contributed by atoms with E-state index in [1.807, 2.05) is 68.4 Å². The van der Waals surface area contributed by atoms with Crippen LogP contribution in [0.1, 0.15) is 20.8 Å². The molecule has 0 aliphatic heterocycles. The fourth-order valence-electron chi connectivity index (χ4n) is 2.30. The summed E-state index contributed by atoms with van der Waals surface area (Å²) in [7, 11) is 0. The normalized spacial score (nSPS) is 11.7. The molecule has 1 atom stereocenters.